The number of para-hydroxylation sites is 1. The Morgan fingerprint density at radius 3 is 2.69 bits per heavy atom. The number of benzene rings is 1. The van der Waals surface area contributed by atoms with E-state index in [0.29, 0.717) is 5.68 Å². The molecular formula is C9H9N3O. The van der Waals surface area contributed by atoms with Crippen LogP contribution in [0, 0.1) is 0 Å². The van der Waals surface area contributed by atoms with Crippen molar-refractivity contribution in [3.8, 4) is 5.69 Å². The summed E-state index contributed by atoms with van der Waals surface area (Å²) in [6.07, 6.45) is 3.31. The first-order valence-electron chi connectivity index (χ1n) is 3.87. The lowest BCUT2D eigenvalue weighted by Crippen LogP contribution is -2.15. The van der Waals surface area contributed by atoms with Crippen molar-refractivity contribution in [3.05, 3.63) is 48.5 Å². The van der Waals surface area contributed by atoms with Crippen molar-refractivity contribution in [1.29, 1.82) is 0 Å². The molecule has 0 aliphatic heterocycles. The molecule has 4 nitrogen and oxygen atoms in total. The summed E-state index contributed by atoms with van der Waals surface area (Å²) in [6.45, 7) is 0. The molecule has 0 saturated heterocycles. The highest BCUT2D eigenvalue weighted by Gasteiger charge is 1.97. The van der Waals surface area contributed by atoms with Gasteiger partial charge in [0.25, 0.3) is 0 Å². The minimum Gasteiger partial charge on any atom is -0.431 e. The second kappa shape index (κ2) is 3.18. The molecule has 1 aromatic heterocycles. The quantitative estimate of drug-likeness (QED) is 0.516. The van der Waals surface area contributed by atoms with Gasteiger partial charge in [-0.25, -0.2) is 0 Å². The topological polar surface area (TPSA) is 56.4 Å². The molecule has 66 valence electrons. The van der Waals surface area contributed by atoms with Crippen LogP contribution in [-0.4, -0.2) is 4.57 Å². The maximum absolute atomic E-state index is 5.14. The van der Waals surface area contributed by atoms with Crippen molar-refractivity contribution < 1.29 is 4.42 Å². The third kappa shape index (κ3) is 1.33. The fourth-order valence-corrected chi connectivity index (χ4v) is 1.15. The van der Waals surface area contributed by atoms with Crippen LogP contribution in [0.5, 0.6) is 0 Å². The van der Waals surface area contributed by atoms with E-state index in [-0.39, 0.29) is 0 Å². The Hall–Kier alpha value is -1.97. The first kappa shape index (κ1) is 7.67. The first-order chi connectivity index (χ1) is 6.42. The van der Waals surface area contributed by atoms with Gasteiger partial charge < -0.3 is 10.3 Å². The summed E-state index contributed by atoms with van der Waals surface area (Å²) >= 11 is 0. The van der Waals surface area contributed by atoms with Gasteiger partial charge in [0.05, 0.1) is 5.69 Å². The molecule has 0 amide bonds. The lowest BCUT2D eigenvalue weighted by molar-refractivity contribution is 0.480. The van der Waals surface area contributed by atoms with E-state index < -0.39 is 0 Å². The number of rotatable bonds is 1. The van der Waals surface area contributed by atoms with Gasteiger partial charge in [-0.1, -0.05) is 18.2 Å². The van der Waals surface area contributed by atoms with Gasteiger partial charge in [0.2, 0.25) is 0 Å². The number of hydrogen-bond acceptors (Lipinski definition) is 3. The van der Waals surface area contributed by atoms with E-state index in [1.807, 2.05) is 30.3 Å². The van der Waals surface area contributed by atoms with Gasteiger partial charge in [0.1, 0.15) is 6.26 Å². The van der Waals surface area contributed by atoms with E-state index in [1.54, 1.807) is 17.0 Å². The predicted octanol–water partition coefficient (Wildman–Crippen LogP) is 0.845. The van der Waals surface area contributed by atoms with Crippen molar-refractivity contribution >= 4 is 0 Å². The molecule has 1 heterocycles. The zero-order valence-corrected chi connectivity index (χ0v) is 6.92. The zero-order chi connectivity index (χ0) is 9.10. The van der Waals surface area contributed by atoms with Crippen molar-refractivity contribution in [1.82, 2.24) is 4.57 Å². The molecule has 13 heavy (non-hydrogen) atoms. The van der Waals surface area contributed by atoms with Gasteiger partial charge in [0.15, 0.2) is 0 Å². The summed E-state index contributed by atoms with van der Waals surface area (Å²) < 4.78 is 6.80. The van der Waals surface area contributed by atoms with Crippen LogP contribution in [0.2, 0.25) is 0 Å². The SMILES string of the molecule is NN=c1occn1-c1ccccc1. The molecule has 0 radical (unpaired) electrons. The lowest BCUT2D eigenvalue weighted by Gasteiger charge is -1.98. The highest BCUT2D eigenvalue weighted by molar-refractivity contribution is 5.30. The minimum absolute atomic E-state index is 0.381. The van der Waals surface area contributed by atoms with Crippen LogP contribution in [0.4, 0.5) is 0 Å². The summed E-state index contributed by atoms with van der Waals surface area (Å²) in [5.74, 6) is 5.14. The van der Waals surface area contributed by atoms with Crippen LogP contribution >= 0.6 is 0 Å². The largest absolute Gasteiger partial charge is 0.431 e. The fourth-order valence-electron chi connectivity index (χ4n) is 1.15. The molecule has 0 aliphatic carbocycles. The second-order valence-corrected chi connectivity index (χ2v) is 2.52. The van der Waals surface area contributed by atoms with E-state index in [2.05, 4.69) is 5.10 Å². The molecule has 2 rings (SSSR count). The molecule has 0 unspecified atom stereocenters. The Kier molecular flexibility index (Phi) is 1.88. The van der Waals surface area contributed by atoms with E-state index in [4.69, 9.17) is 10.3 Å². The fraction of sp³-hybridized carbons (Fsp3) is 0. The van der Waals surface area contributed by atoms with Gasteiger partial charge in [-0.05, 0) is 12.1 Å². The number of oxazole rings is 1. The highest BCUT2D eigenvalue weighted by atomic mass is 16.3. The molecule has 4 heteroatoms. The monoisotopic (exact) mass is 175 g/mol. The maximum atomic E-state index is 5.14. The van der Waals surface area contributed by atoms with Crippen molar-refractivity contribution in [2.24, 2.45) is 10.9 Å². The molecule has 0 spiro atoms. The number of hydrogen-bond donors (Lipinski definition) is 1. The van der Waals surface area contributed by atoms with Crippen LogP contribution in [0.3, 0.4) is 0 Å². The summed E-state index contributed by atoms with van der Waals surface area (Å²) in [5, 5.41) is 3.50. The molecule has 2 N–H and O–H groups in total. The van der Waals surface area contributed by atoms with Gasteiger partial charge in [-0.2, -0.15) is 0 Å². The molecule has 0 fully saturated rings. The zero-order valence-electron chi connectivity index (χ0n) is 6.92. The van der Waals surface area contributed by atoms with E-state index in [0.717, 1.165) is 5.69 Å². The van der Waals surface area contributed by atoms with Crippen LogP contribution in [-0.2, 0) is 0 Å². The number of nitrogens with two attached hydrogens (primary N) is 1. The smallest absolute Gasteiger partial charge is 0.322 e. The number of aromatic nitrogens is 1. The Balaban J connectivity index is 2.60. The van der Waals surface area contributed by atoms with E-state index >= 15 is 0 Å². The van der Waals surface area contributed by atoms with Crippen molar-refractivity contribution in [3.63, 3.8) is 0 Å². The summed E-state index contributed by atoms with van der Waals surface area (Å²) in [4.78, 5) is 0. The van der Waals surface area contributed by atoms with Gasteiger partial charge in [-0.3, -0.25) is 4.57 Å². The Morgan fingerprint density at radius 1 is 1.23 bits per heavy atom. The van der Waals surface area contributed by atoms with Gasteiger partial charge >= 0.3 is 5.68 Å². The molecule has 0 bridgehead atoms. The van der Waals surface area contributed by atoms with Gasteiger partial charge in [0, 0.05) is 6.20 Å². The molecule has 2 aromatic rings. The molecule has 0 saturated carbocycles. The highest BCUT2D eigenvalue weighted by Crippen LogP contribution is 2.02. The molecule has 1 aromatic carbocycles. The third-order valence-electron chi connectivity index (χ3n) is 1.73. The normalized spacial score (nSPS) is 11.8. The lowest BCUT2D eigenvalue weighted by atomic mass is 10.3. The number of nitrogens with zero attached hydrogens (tertiary/aromatic N) is 2. The molecule has 0 aliphatic rings. The minimum atomic E-state index is 0.381. The Morgan fingerprint density at radius 2 is 2.00 bits per heavy atom. The predicted molar refractivity (Wildman–Crippen MR) is 47.8 cm³/mol. The Bertz CT molecular complexity index is 441. The first-order valence-corrected chi connectivity index (χ1v) is 3.87. The molecular weight excluding hydrogens is 166 g/mol. The standard InChI is InChI=1S/C9H9N3O/c10-11-9-12(6-7-13-9)8-4-2-1-3-5-8/h1-7H,10H2. The van der Waals surface area contributed by atoms with E-state index in [1.165, 1.54) is 0 Å². The van der Waals surface area contributed by atoms with Crippen LogP contribution in [0.25, 0.3) is 5.69 Å². The average Bonchev–Trinajstić information content (AvgIpc) is 2.67. The second-order valence-electron chi connectivity index (χ2n) is 2.52. The average molecular weight is 175 g/mol. The van der Waals surface area contributed by atoms with Crippen LogP contribution in [0.1, 0.15) is 0 Å². The van der Waals surface area contributed by atoms with Crippen molar-refractivity contribution in [2.45, 2.75) is 0 Å². The summed E-state index contributed by atoms with van der Waals surface area (Å²) in [5.41, 5.74) is 1.35. The van der Waals surface area contributed by atoms with Crippen LogP contribution < -0.4 is 11.5 Å². The van der Waals surface area contributed by atoms with E-state index in [9.17, 15) is 0 Å². The third-order valence-corrected chi connectivity index (χ3v) is 1.73. The summed E-state index contributed by atoms with van der Waals surface area (Å²) in [6, 6.07) is 9.73. The van der Waals surface area contributed by atoms with Crippen LogP contribution in [0.15, 0.2) is 52.3 Å². The van der Waals surface area contributed by atoms with Crippen molar-refractivity contribution in [2.75, 3.05) is 0 Å². The maximum Gasteiger partial charge on any atom is 0.322 e. The van der Waals surface area contributed by atoms with Gasteiger partial charge in [-0.15, -0.1) is 5.10 Å². The molecule has 0 atom stereocenters. The summed E-state index contributed by atoms with van der Waals surface area (Å²) in [7, 11) is 0. The Labute approximate surface area is 74.9 Å².